The fraction of sp³-hybridized carbons (Fsp3) is 0.688. The summed E-state index contributed by atoms with van der Waals surface area (Å²) in [5, 5.41) is 32.5. The molecule has 0 unspecified atom stereocenters. The minimum atomic E-state index is -1.80. The van der Waals surface area contributed by atoms with Crippen molar-refractivity contribution in [3.8, 4) is 0 Å². The molecule has 14 nitrogen and oxygen atoms in total. The molecule has 0 saturated heterocycles. The average molecular weight is 438 g/mol. The van der Waals surface area contributed by atoms with Gasteiger partial charge in [0.25, 0.3) is 0 Å². The predicted molar refractivity (Wildman–Crippen MR) is 108 cm³/mol. The van der Waals surface area contributed by atoms with Crippen molar-refractivity contribution in [1.82, 2.24) is 0 Å². The number of hydrogen-bond acceptors (Lipinski definition) is 8. The number of unbranched alkanes of at least 4 members (excludes halogenated alkanes) is 1. The standard InChI is InChI=1S/C7H16N4O2.C6H13NO2.C3H5NO4/c8-5(6(12)13)3-1-2-4-11-7(9)10;1-3-4(2)5(7)6(8)9;4-1(2(5)6)3(7)8/h5H,1-4,8H2,(H,12,13)(H4,9,10,11);4-5H,3,7H2,1-2H3,(H,8,9);1H,4H2,(H,5,6)(H,7,8)/t5-;4-,5-;/m00./s1. The number of carbonyl (C=O) groups is 4. The number of rotatable bonds is 11. The molecule has 0 spiro atoms. The van der Waals surface area contributed by atoms with Gasteiger partial charge in [-0.1, -0.05) is 20.3 Å². The zero-order chi connectivity index (χ0) is 24.4. The summed E-state index contributed by atoms with van der Waals surface area (Å²) in [4.78, 5) is 43.5. The van der Waals surface area contributed by atoms with Crippen LogP contribution in [-0.2, 0) is 19.2 Å². The van der Waals surface area contributed by atoms with Gasteiger partial charge < -0.3 is 49.1 Å². The van der Waals surface area contributed by atoms with E-state index < -0.39 is 42.0 Å². The van der Waals surface area contributed by atoms with E-state index in [9.17, 15) is 19.2 Å². The van der Waals surface area contributed by atoms with Gasteiger partial charge in [-0.15, -0.1) is 0 Å². The van der Waals surface area contributed by atoms with E-state index in [2.05, 4.69) is 10.7 Å². The van der Waals surface area contributed by atoms with Crippen molar-refractivity contribution in [3.05, 3.63) is 0 Å². The van der Waals surface area contributed by atoms with E-state index in [1.165, 1.54) is 0 Å². The molecule has 0 aromatic heterocycles. The highest BCUT2D eigenvalue weighted by atomic mass is 16.4. The Balaban J connectivity index is -0.000000379. The van der Waals surface area contributed by atoms with Crippen molar-refractivity contribution in [1.29, 1.82) is 0 Å². The third kappa shape index (κ3) is 19.8. The van der Waals surface area contributed by atoms with Crippen LogP contribution in [0.3, 0.4) is 0 Å². The monoisotopic (exact) mass is 438 g/mol. The number of nitrogens with two attached hydrogens (primary N) is 5. The van der Waals surface area contributed by atoms with Gasteiger partial charge in [0, 0.05) is 6.54 Å². The highest BCUT2D eigenvalue weighted by Crippen LogP contribution is 2.04. The van der Waals surface area contributed by atoms with Crippen LogP contribution in [-0.4, -0.2) is 74.9 Å². The van der Waals surface area contributed by atoms with Gasteiger partial charge in [0.05, 0.1) is 0 Å². The number of carboxylic acids is 4. The zero-order valence-corrected chi connectivity index (χ0v) is 17.1. The lowest BCUT2D eigenvalue weighted by atomic mass is 10.0. The SMILES string of the molecule is CC[C@H](C)[C@H](N)C(=O)O.NC(C(=O)O)C(=O)O.NC(N)=NCCCC[C@H](N)C(=O)O. The van der Waals surface area contributed by atoms with Crippen LogP contribution >= 0.6 is 0 Å². The smallest absolute Gasteiger partial charge is 0.332 e. The van der Waals surface area contributed by atoms with Crippen molar-refractivity contribution in [2.45, 2.75) is 57.7 Å². The number of hydrogen-bond donors (Lipinski definition) is 9. The Morgan fingerprint density at radius 1 is 0.833 bits per heavy atom. The van der Waals surface area contributed by atoms with Crippen LogP contribution in [0.15, 0.2) is 4.99 Å². The molecule has 0 radical (unpaired) electrons. The molecule has 0 aromatic rings. The first-order valence-electron chi connectivity index (χ1n) is 8.92. The second-order valence-electron chi connectivity index (χ2n) is 6.15. The summed E-state index contributed by atoms with van der Waals surface area (Å²) in [6.45, 7) is 4.28. The predicted octanol–water partition coefficient (Wildman–Crippen LogP) is -2.23. The Morgan fingerprint density at radius 2 is 1.30 bits per heavy atom. The highest BCUT2D eigenvalue weighted by molar-refractivity contribution is 5.96. The van der Waals surface area contributed by atoms with Gasteiger partial charge in [0.2, 0.25) is 6.04 Å². The average Bonchev–Trinajstić information content (AvgIpc) is 2.65. The molecule has 0 aliphatic rings. The molecule has 0 fully saturated rings. The van der Waals surface area contributed by atoms with Crippen molar-refractivity contribution < 1.29 is 39.6 Å². The van der Waals surface area contributed by atoms with Gasteiger partial charge in [-0.05, 0) is 25.2 Å². The molecular formula is C16H34N6O8. The molecule has 0 heterocycles. The minimum absolute atomic E-state index is 0.0579. The van der Waals surface area contributed by atoms with Crippen LogP contribution in [0, 0.1) is 5.92 Å². The van der Waals surface area contributed by atoms with Crippen LogP contribution in [0.25, 0.3) is 0 Å². The molecule has 14 heteroatoms. The minimum Gasteiger partial charge on any atom is -0.480 e. The quantitative estimate of drug-likeness (QED) is 0.0714. The van der Waals surface area contributed by atoms with E-state index in [0.717, 1.165) is 12.8 Å². The van der Waals surface area contributed by atoms with Gasteiger partial charge >= 0.3 is 23.9 Å². The Bertz CT molecular complexity index is 554. The number of aliphatic imine (C=N–C) groups is 1. The van der Waals surface area contributed by atoms with E-state index in [0.29, 0.717) is 19.4 Å². The molecule has 0 saturated carbocycles. The molecule has 0 rings (SSSR count). The van der Waals surface area contributed by atoms with Gasteiger partial charge in [-0.3, -0.25) is 14.6 Å². The highest BCUT2D eigenvalue weighted by Gasteiger charge is 2.19. The molecule has 0 aromatic carbocycles. The van der Waals surface area contributed by atoms with E-state index in [1.54, 1.807) is 0 Å². The second-order valence-corrected chi connectivity index (χ2v) is 6.15. The topological polar surface area (TPSA) is 292 Å². The summed E-state index contributed by atoms with van der Waals surface area (Å²) in [6.07, 6.45) is 2.73. The summed E-state index contributed by atoms with van der Waals surface area (Å²) in [5.41, 5.74) is 25.3. The fourth-order valence-electron chi connectivity index (χ4n) is 1.41. The second kappa shape index (κ2) is 18.1. The molecule has 0 bridgehead atoms. The molecule has 0 amide bonds. The largest absolute Gasteiger partial charge is 0.480 e. The van der Waals surface area contributed by atoms with E-state index >= 15 is 0 Å². The van der Waals surface area contributed by atoms with E-state index in [-0.39, 0.29) is 11.9 Å². The molecular weight excluding hydrogens is 404 g/mol. The lowest BCUT2D eigenvalue weighted by molar-refractivity contribution is -0.149. The molecule has 3 atom stereocenters. The van der Waals surface area contributed by atoms with Crippen molar-refractivity contribution >= 4 is 29.8 Å². The number of nitrogens with zero attached hydrogens (tertiary/aromatic N) is 1. The van der Waals surface area contributed by atoms with Crippen molar-refractivity contribution in [3.63, 3.8) is 0 Å². The van der Waals surface area contributed by atoms with Crippen molar-refractivity contribution in [2.75, 3.05) is 6.54 Å². The molecule has 30 heavy (non-hydrogen) atoms. The third-order valence-corrected chi connectivity index (χ3v) is 3.61. The first-order chi connectivity index (χ1) is 13.7. The molecule has 0 aliphatic carbocycles. The Hall–Kier alpha value is -2.97. The first-order valence-corrected chi connectivity index (χ1v) is 8.92. The Morgan fingerprint density at radius 3 is 1.53 bits per heavy atom. The maximum atomic E-state index is 10.3. The summed E-state index contributed by atoms with van der Waals surface area (Å²) in [7, 11) is 0. The fourth-order valence-corrected chi connectivity index (χ4v) is 1.41. The van der Waals surface area contributed by atoms with Gasteiger partial charge in [0.15, 0.2) is 5.96 Å². The number of carboxylic acid groups (broad SMARTS) is 4. The zero-order valence-electron chi connectivity index (χ0n) is 17.1. The van der Waals surface area contributed by atoms with Crippen LogP contribution < -0.4 is 28.7 Å². The lowest BCUT2D eigenvalue weighted by Gasteiger charge is -2.11. The van der Waals surface area contributed by atoms with Crippen LogP contribution in [0.2, 0.25) is 0 Å². The summed E-state index contributed by atoms with van der Waals surface area (Å²) in [5.74, 6) is -4.81. The first kappa shape index (κ1) is 31.7. The van der Waals surface area contributed by atoms with Crippen LogP contribution in [0.5, 0.6) is 0 Å². The molecule has 0 aliphatic heterocycles. The van der Waals surface area contributed by atoms with Crippen LogP contribution in [0.4, 0.5) is 0 Å². The van der Waals surface area contributed by atoms with Gasteiger partial charge in [-0.25, -0.2) is 9.59 Å². The summed E-state index contributed by atoms with van der Waals surface area (Å²) in [6, 6.07) is -3.27. The van der Waals surface area contributed by atoms with Crippen molar-refractivity contribution in [2.24, 2.45) is 39.6 Å². The summed E-state index contributed by atoms with van der Waals surface area (Å²) >= 11 is 0. The Kier molecular flexibility index (Phi) is 19.1. The maximum Gasteiger partial charge on any atom is 0.332 e. The third-order valence-electron chi connectivity index (χ3n) is 3.61. The number of aliphatic carboxylic acids is 4. The van der Waals surface area contributed by atoms with E-state index in [1.807, 2.05) is 13.8 Å². The van der Waals surface area contributed by atoms with E-state index in [4.69, 9.17) is 43.4 Å². The molecule has 176 valence electrons. The van der Waals surface area contributed by atoms with Gasteiger partial charge in [-0.2, -0.15) is 0 Å². The normalized spacial score (nSPS) is 12.7. The van der Waals surface area contributed by atoms with Gasteiger partial charge in [0.1, 0.15) is 12.1 Å². The van der Waals surface area contributed by atoms with Crippen LogP contribution in [0.1, 0.15) is 39.5 Å². The summed E-state index contributed by atoms with van der Waals surface area (Å²) < 4.78 is 0. The lowest BCUT2D eigenvalue weighted by Crippen LogP contribution is -2.38. The Labute approximate surface area is 174 Å². The number of guanidine groups is 1. The maximum absolute atomic E-state index is 10.3. The molecule has 14 N–H and O–H groups in total.